The van der Waals surface area contributed by atoms with Crippen molar-refractivity contribution < 1.29 is 19.4 Å². The summed E-state index contributed by atoms with van der Waals surface area (Å²) in [7, 11) is 1.52. The number of aliphatic carboxylic acids is 1. The first-order chi connectivity index (χ1) is 11.0. The summed E-state index contributed by atoms with van der Waals surface area (Å²) >= 11 is 0.914. The molecule has 2 rings (SSSR count). The molecule has 0 aliphatic rings. The van der Waals surface area contributed by atoms with Crippen LogP contribution in [0.25, 0.3) is 6.08 Å². The molecule has 23 heavy (non-hydrogen) atoms. The van der Waals surface area contributed by atoms with Gasteiger partial charge in [-0.05, 0) is 49.4 Å². The van der Waals surface area contributed by atoms with Gasteiger partial charge >= 0.3 is 0 Å². The normalized spacial score (nSPS) is 11.3. The Bertz CT molecular complexity index is 727. The Labute approximate surface area is 137 Å². The van der Waals surface area contributed by atoms with Gasteiger partial charge in [-0.3, -0.25) is 5.10 Å². The zero-order valence-corrected chi connectivity index (χ0v) is 13.8. The molecular formula is C15H16N3O4S-. The van der Waals surface area contributed by atoms with Gasteiger partial charge in [-0.25, -0.2) is 4.98 Å². The number of carbonyl (C=O) groups is 1. The number of benzene rings is 1. The van der Waals surface area contributed by atoms with Gasteiger partial charge in [0.2, 0.25) is 5.16 Å². The highest BCUT2D eigenvalue weighted by molar-refractivity contribution is 8.04. The summed E-state index contributed by atoms with van der Waals surface area (Å²) in [6, 6.07) is 5.15. The van der Waals surface area contributed by atoms with Crippen molar-refractivity contribution in [3.8, 4) is 11.5 Å². The lowest BCUT2D eigenvalue weighted by molar-refractivity contribution is -0.297. The highest BCUT2D eigenvalue weighted by Crippen LogP contribution is 2.31. The summed E-state index contributed by atoms with van der Waals surface area (Å²) in [5.74, 6) is 0.426. The highest BCUT2D eigenvalue weighted by Gasteiger charge is 2.09. The van der Waals surface area contributed by atoms with E-state index >= 15 is 0 Å². The Morgan fingerprint density at radius 1 is 1.43 bits per heavy atom. The first-order valence-corrected chi connectivity index (χ1v) is 7.66. The number of aryl methyl sites for hydroxylation is 1. The molecule has 0 amide bonds. The number of nitrogens with one attached hydrogen (secondary N) is 1. The van der Waals surface area contributed by atoms with Gasteiger partial charge in [-0.1, -0.05) is 6.07 Å². The lowest BCUT2D eigenvalue weighted by Crippen LogP contribution is -2.23. The Kier molecular flexibility index (Phi) is 5.64. The van der Waals surface area contributed by atoms with Crippen LogP contribution >= 0.6 is 11.8 Å². The number of hydrogen-bond acceptors (Lipinski definition) is 7. The Morgan fingerprint density at radius 3 is 2.78 bits per heavy atom. The Balaban J connectivity index is 2.29. The predicted octanol–water partition coefficient (Wildman–Crippen LogP) is 1.40. The topological polar surface area (TPSA) is 100 Å². The van der Waals surface area contributed by atoms with E-state index in [0.29, 0.717) is 34.7 Å². The molecule has 122 valence electrons. The lowest BCUT2D eigenvalue weighted by atomic mass is 10.2. The first kappa shape index (κ1) is 16.9. The minimum absolute atomic E-state index is 0.00443. The second-order valence-corrected chi connectivity index (χ2v) is 5.45. The van der Waals surface area contributed by atoms with Gasteiger partial charge in [-0.2, -0.15) is 0 Å². The summed E-state index contributed by atoms with van der Waals surface area (Å²) in [6.45, 7) is 4.11. The summed E-state index contributed by atoms with van der Waals surface area (Å²) in [6.07, 6.45) is 1.48. The number of carbonyl (C=O) groups excluding carboxylic acids is 1. The number of methoxy groups -OCH3 is 1. The smallest absolute Gasteiger partial charge is 0.213 e. The highest BCUT2D eigenvalue weighted by atomic mass is 32.2. The molecule has 0 fully saturated rings. The molecule has 8 heteroatoms. The van der Waals surface area contributed by atoms with E-state index in [0.717, 1.165) is 11.8 Å². The van der Waals surface area contributed by atoms with Crippen molar-refractivity contribution in [2.75, 3.05) is 13.7 Å². The number of aromatic amines is 1. The van der Waals surface area contributed by atoms with Gasteiger partial charge in [0.05, 0.1) is 19.7 Å². The molecule has 0 aliphatic heterocycles. The molecule has 1 heterocycles. The van der Waals surface area contributed by atoms with Crippen molar-refractivity contribution in [1.29, 1.82) is 0 Å². The van der Waals surface area contributed by atoms with E-state index in [1.54, 1.807) is 25.1 Å². The number of carboxylic acids is 1. The molecule has 0 bridgehead atoms. The van der Waals surface area contributed by atoms with E-state index in [-0.39, 0.29) is 4.91 Å². The van der Waals surface area contributed by atoms with E-state index in [1.807, 2.05) is 6.92 Å². The third-order valence-corrected chi connectivity index (χ3v) is 3.63. The first-order valence-electron chi connectivity index (χ1n) is 6.84. The van der Waals surface area contributed by atoms with Crippen LogP contribution in [0.5, 0.6) is 11.5 Å². The number of carboxylic acid groups (broad SMARTS) is 1. The van der Waals surface area contributed by atoms with Crippen molar-refractivity contribution in [2.45, 2.75) is 19.0 Å². The van der Waals surface area contributed by atoms with E-state index in [4.69, 9.17) is 9.47 Å². The maximum absolute atomic E-state index is 11.3. The maximum Gasteiger partial charge on any atom is 0.213 e. The summed E-state index contributed by atoms with van der Waals surface area (Å²) < 4.78 is 10.7. The van der Waals surface area contributed by atoms with Gasteiger partial charge < -0.3 is 19.4 Å². The second kappa shape index (κ2) is 7.68. The number of H-pyrrole nitrogens is 1. The Hall–Kier alpha value is -2.48. The van der Waals surface area contributed by atoms with E-state index < -0.39 is 5.97 Å². The average Bonchev–Trinajstić information content (AvgIpc) is 2.93. The molecule has 0 saturated carbocycles. The molecule has 0 saturated heterocycles. The van der Waals surface area contributed by atoms with Crippen LogP contribution in [0.2, 0.25) is 0 Å². The number of rotatable bonds is 7. The third kappa shape index (κ3) is 4.49. The molecule has 0 spiro atoms. The van der Waals surface area contributed by atoms with Crippen molar-refractivity contribution in [2.24, 2.45) is 0 Å². The summed E-state index contributed by atoms with van der Waals surface area (Å²) in [5.41, 5.74) is 0.643. The minimum Gasteiger partial charge on any atom is -0.544 e. The number of hydrogen-bond donors (Lipinski definition) is 1. The van der Waals surface area contributed by atoms with Crippen LogP contribution in [0.15, 0.2) is 28.3 Å². The predicted molar refractivity (Wildman–Crippen MR) is 84.1 cm³/mol. The fourth-order valence-electron chi connectivity index (χ4n) is 1.80. The summed E-state index contributed by atoms with van der Waals surface area (Å²) in [5, 5.41) is 18.2. The minimum atomic E-state index is -1.30. The quantitative estimate of drug-likeness (QED) is 0.603. The molecule has 2 aromatic rings. The monoisotopic (exact) mass is 334 g/mol. The van der Waals surface area contributed by atoms with Crippen LogP contribution in [0.3, 0.4) is 0 Å². The van der Waals surface area contributed by atoms with Crippen molar-refractivity contribution in [3.63, 3.8) is 0 Å². The van der Waals surface area contributed by atoms with Gasteiger partial charge in [0.15, 0.2) is 11.5 Å². The number of thioether (sulfide) groups is 1. The third-order valence-electron chi connectivity index (χ3n) is 2.76. The molecule has 0 unspecified atom stereocenters. The molecule has 1 aromatic heterocycles. The number of nitrogens with zero attached hydrogens (tertiary/aromatic N) is 2. The van der Waals surface area contributed by atoms with Gasteiger partial charge in [0.1, 0.15) is 5.82 Å². The standard InChI is InChI=1S/C15H17N3O4S/c1-4-22-11-6-5-10(7-12(11)21-3)8-13(14(19)20)23-15-16-9(2)17-18-15/h5-8H,4H2,1-3H3,(H,19,20)(H,16,17,18)/p-1/b13-8+. The SMILES string of the molecule is CCOc1ccc(/C=C(/Sc2n[nH]c(C)n2)C(=O)[O-])cc1OC. The zero-order chi connectivity index (χ0) is 16.8. The van der Waals surface area contributed by atoms with Crippen LogP contribution in [0.4, 0.5) is 0 Å². The van der Waals surface area contributed by atoms with Crippen LogP contribution in [-0.2, 0) is 4.79 Å². The number of aromatic nitrogens is 3. The summed E-state index contributed by atoms with van der Waals surface area (Å²) in [4.78, 5) is 15.4. The largest absolute Gasteiger partial charge is 0.544 e. The van der Waals surface area contributed by atoms with Gasteiger partial charge in [0, 0.05) is 4.91 Å². The molecule has 1 N–H and O–H groups in total. The maximum atomic E-state index is 11.3. The van der Waals surface area contributed by atoms with Crippen molar-refractivity contribution in [3.05, 3.63) is 34.5 Å². The molecule has 0 radical (unpaired) electrons. The van der Waals surface area contributed by atoms with Crippen LogP contribution < -0.4 is 14.6 Å². The fraction of sp³-hybridized carbons (Fsp3) is 0.267. The van der Waals surface area contributed by atoms with Crippen molar-refractivity contribution >= 4 is 23.8 Å². The average molecular weight is 334 g/mol. The van der Waals surface area contributed by atoms with E-state index in [1.165, 1.54) is 13.2 Å². The second-order valence-electron chi connectivity index (χ2n) is 4.44. The van der Waals surface area contributed by atoms with E-state index in [2.05, 4.69) is 15.2 Å². The van der Waals surface area contributed by atoms with Crippen LogP contribution in [-0.4, -0.2) is 34.9 Å². The fourth-order valence-corrected chi connectivity index (χ4v) is 2.55. The van der Waals surface area contributed by atoms with Gasteiger partial charge in [-0.15, -0.1) is 5.10 Å². The lowest BCUT2D eigenvalue weighted by Gasteiger charge is -2.11. The molecule has 0 aliphatic carbocycles. The van der Waals surface area contributed by atoms with Crippen LogP contribution in [0, 0.1) is 6.92 Å². The van der Waals surface area contributed by atoms with Gasteiger partial charge in [0.25, 0.3) is 0 Å². The molecule has 1 aromatic carbocycles. The zero-order valence-electron chi connectivity index (χ0n) is 13.0. The van der Waals surface area contributed by atoms with Crippen molar-refractivity contribution in [1.82, 2.24) is 15.2 Å². The molecular weight excluding hydrogens is 318 g/mol. The number of ether oxygens (including phenoxy) is 2. The Morgan fingerprint density at radius 2 is 2.22 bits per heavy atom. The molecule has 0 atom stereocenters. The van der Waals surface area contributed by atoms with E-state index in [9.17, 15) is 9.90 Å². The van der Waals surface area contributed by atoms with Crippen LogP contribution in [0.1, 0.15) is 18.3 Å². The molecule has 7 nitrogen and oxygen atoms in total.